The molecule has 1 heterocycles. The van der Waals surface area contributed by atoms with Crippen LogP contribution >= 0.6 is 15.9 Å². The average Bonchev–Trinajstić information content (AvgIpc) is 2.49. The molecule has 0 radical (unpaired) electrons. The van der Waals surface area contributed by atoms with Crippen LogP contribution in [0.2, 0.25) is 0 Å². The highest BCUT2D eigenvalue weighted by molar-refractivity contribution is 9.10. The molecule has 1 aliphatic heterocycles. The number of rotatable bonds is 3. The number of fused-ring (bicyclic) bond motifs is 1. The SMILES string of the molecule is Brc1ccc(C=NC[C@@H]2COc3ccccc3O2)cc1. The lowest BCUT2D eigenvalue weighted by Gasteiger charge is -2.25. The van der Waals surface area contributed by atoms with Crippen LogP contribution in [0, 0.1) is 0 Å². The van der Waals surface area contributed by atoms with Gasteiger partial charge >= 0.3 is 0 Å². The molecule has 0 aliphatic carbocycles. The molecular weight excluding hydrogens is 318 g/mol. The highest BCUT2D eigenvalue weighted by Crippen LogP contribution is 2.30. The topological polar surface area (TPSA) is 30.8 Å². The summed E-state index contributed by atoms with van der Waals surface area (Å²) in [6, 6.07) is 15.7. The summed E-state index contributed by atoms with van der Waals surface area (Å²) in [4.78, 5) is 4.42. The van der Waals surface area contributed by atoms with Crippen molar-refractivity contribution in [1.82, 2.24) is 0 Å². The van der Waals surface area contributed by atoms with Gasteiger partial charge in [0.15, 0.2) is 17.6 Å². The Labute approximate surface area is 126 Å². The lowest BCUT2D eigenvalue weighted by Crippen LogP contribution is -2.31. The molecule has 0 fully saturated rings. The Bertz CT molecular complexity index is 610. The summed E-state index contributed by atoms with van der Waals surface area (Å²) in [5.41, 5.74) is 1.07. The van der Waals surface area contributed by atoms with Gasteiger partial charge in [-0.1, -0.05) is 40.2 Å². The van der Waals surface area contributed by atoms with Gasteiger partial charge in [-0.2, -0.15) is 0 Å². The Balaban J connectivity index is 1.59. The van der Waals surface area contributed by atoms with Gasteiger partial charge in [0.05, 0.1) is 6.54 Å². The molecule has 3 rings (SSSR count). The van der Waals surface area contributed by atoms with Crippen molar-refractivity contribution in [3.8, 4) is 11.5 Å². The third kappa shape index (κ3) is 3.20. The number of aliphatic imine (C=N–C) groups is 1. The summed E-state index contributed by atoms with van der Waals surface area (Å²) in [6.07, 6.45) is 1.83. The predicted octanol–water partition coefficient (Wildman–Crippen LogP) is 3.71. The fraction of sp³-hybridized carbons (Fsp3) is 0.188. The van der Waals surface area contributed by atoms with Crippen molar-refractivity contribution in [2.75, 3.05) is 13.2 Å². The molecule has 0 saturated carbocycles. The zero-order valence-electron chi connectivity index (χ0n) is 10.8. The first-order chi connectivity index (χ1) is 9.81. The Morgan fingerprint density at radius 3 is 2.65 bits per heavy atom. The van der Waals surface area contributed by atoms with Gasteiger partial charge in [-0.3, -0.25) is 4.99 Å². The van der Waals surface area contributed by atoms with Crippen molar-refractivity contribution >= 4 is 22.1 Å². The van der Waals surface area contributed by atoms with Gasteiger partial charge in [0.1, 0.15) is 6.61 Å². The fourth-order valence-electron chi connectivity index (χ4n) is 1.98. The number of halogens is 1. The highest BCUT2D eigenvalue weighted by Gasteiger charge is 2.19. The van der Waals surface area contributed by atoms with E-state index < -0.39 is 0 Å². The van der Waals surface area contributed by atoms with E-state index in [4.69, 9.17) is 9.47 Å². The Morgan fingerprint density at radius 1 is 1.10 bits per heavy atom. The minimum absolute atomic E-state index is 0.0309. The second-order valence-electron chi connectivity index (χ2n) is 4.54. The van der Waals surface area contributed by atoms with Gasteiger partial charge in [-0.15, -0.1) is 0 Å². The molecule has 0 bridgehead atoms. The lowest BCUT2D eigenvalue weighted by molar-refractivity contribution is 0.0973. The van der Waals surface area contributed by atoms with E-state index in [0.717, 1.165) is 21.5 Å². The van der Waals surface area contributed by atoms with Gasteiger partial charge < -0.3 is 9.47 Å². The van der Waals surface area contributed by atoms with Crippen LogP contribution in [0.25, 0.3) is 0 Å². The van der Waals surface area contributed by atoms with E-state index in [2.05, 4.69) is 20.9 Å². The number of benzene rings is 2. The molecule has 2 aromatic rings. The third-order valence-corrected chi connectivity index (χ3v) is 3.52. The summed E-state index contributed by atoms with van der Waals surface area (Å²) in [7, 11) is 0. The van der Waals surface area contributed by atoms with Crippen LogP contribution in [0.3, 0.4) is 0 Å². The first-order valence-corrected chi connectivity index (χ1v) is 7.24. The van der Waals surface area contributed by atoms with E-state index in [9.17, 15) is 0 Å². The predicted molar refractivity (Wildman–Crippen MR) is 83.0 cm³/mol. The molecule has 0 saturated heterocycles. The summed E-state index contributed by atoms with van der Waals surface area (Å²) < 4.78 is 12.6. The fourth-order valence-corrected chi connectivity index (χ4v) is 2.24. The maximum atomic E-state index is 5.84. The first-order valence-electron chi connectivity index (χ1n) is 6.45. The molecule has 3 nitrogen and oxygen atoms in total. The van der Waals surface area contributed by atoms with E-state index in [0.29, 0.717) is 13.2 Å². The van der Waals surface area contributed by atoms with Gasteiger partial charge in [0.25, 0.3) is 0 Å². The second kappa shape index (κ2) is 6.09. The van der Waals surface area contributed by atoms with Crippen molar-refractivity contribution < 1.29 is 9.47 Å². The zero-order chi connectivity index (χ0) is 13.8. The van der Waals surface area contributed by atoms with Crippen molar-refractivity contribution in [3.05, 3.63) is 58.6 Å². The molecule has 102 valence electrons. The lowest BCUT2D eigenvalue weighted by atomic mass is 10.2. The molecule has 20 heavy (non-hydrogen) atoms. The maximum Gasteiger partial charge on any atom is 0.161 e. The second-order valence-corrected chi connectivity index (χ2v) is 5.46. The molecule has 1 aliphatic rings. The van der Waals surface area contributed by atoms with E-state index >= 15 is 0 Å². The molecule has 1 atom stereocenters. The average molecular weight is 332 g/mol. The maximum absolute atomic E-state index is 5.84. The molecule has 0 spiro atoms. The number of para-hydroxylation sites is 2. The molecule has 0 amide bonds. The van der Waals surface area contributed by atoms with Crippen molar-refractivity contribution in [3.63, 3.8) is 0 Å². The number of hydrogen-bond donors (Lipinski definition) is 0. The highest BCUT2D eigenvalue weighted by atomic mass is 79.9. The Hall–Kier alpha value is -1.81. The van der Waals surface area contributed by atoms with E-state index in [1.165, 1.54) is 0 Å². The van der Waals surface area contributed by atoms with E-state index in [1.807, 2.05) is 54.7 Å². The summed E-state index contributed by atoms with van der Waals surface area (Å²) >= 11 is 3.41. The van der Waals surface area contributed by atoms with Crippen molar-refractivity contribution in [2.24, 2.45) is 4.99 Å². The summed E-state index contributed by atoms with van der Waals surface area (Å²) in [6.45, 7) is 1.12. The van der Waals surface area contributed by atoms with Crippen molar-refractivity contribution in [2.45, 2.75) is 6.10 Å². The van der Waals surface area contributed by atoms with Crippen LogP contribution in [-0.4, -0.2) is 25.5 Å². The number of nitrogens with zero attached hydrogens (tertiary/aromatic N) is 1. The summed E-state index contributed by atoms with van der Waals surface area (Å²) in [5, 5.41) is 0. The van der Waals surface area contributed by atoms with Gasteiger partial charge in [-0.05, 0) is 29.8 Å². The third-order valence-electron chi connectivity index (χ3n) is 2.99. The quantitative estimate of drug-likeness (QED) is 0.803. The van der Waals surface area contributed by atoms with Crippen LogP contribution in [0.5, 0.6) is 11.5 Å². The van der Waals surface area contributed by atoms with Gasteiger partial charge in [-0.25, -0.2) is 0 Å². The largest absolute Gasteiger partial charge is 0.486 e. The van der Waals surface area contributed by atoms with Crippen LogP contribution in [0.15, 0.2) is 58.0 Å². The van der Waals surface area contributed by atoms with Crippen molar-refractivity contribution in [1.29, 1.82) is 0 Å². The Kier molecular flexibility index (Phi) is 4.02. The Morgan fingerprint density at radius 2 is 1.85 bits per heavy atom. The molecule has 0 aromatic heterocycles. The standard InChI is InChI=1S/C16H14BrNO2/c17-13-7-5-12(6-8-13)9-18-10-14-11-19-15-3-1-2-4-16(15)20-14/h1-9,14H,10-11H2/t14-/m1/s1. The molecule has 0 unspecified atom stereocenters. The summed E-state index contributed by atoms with van der Waals surface area (Å²) in [5.74, 6) is 1.60. The van der Waals surface area contributed by atoms with E-state index in [1.54, 1.807) is 0 Å². The van der Waals surface area contributed by atoms with E-state index in [-0.39, 0.29) is 6.10 Å². The molecule has 2 aromatic carbocycles. The molecule has 0 N–H and O–H groups in total. The number of hydrogen-bond acceptors (Lipinski definition) is 3. The zero-order valence-corrected chi connectivity index (χ0v) is 12.4. The van der Waals surface area contributed by atoms with Crippen LogP contribution in [-0.2, 0) is 0 Å². The minimum Gasteiger partial charge on any atom is -0.486 e. The van der Waals surface area contributed by atoms with Crippen LogP contribution in [0.4, 0.5) is 0 Å². The van der Waals surface area contributed by atoms with Crippen LogP contribution < -0.4 is 9.47 Å². The van der Waals surface area contributed by atoms with Gasteiger partial charge in [0, 0.05) is 10.7 Å². The monoisotopic (exact) mass is 331 g/mol. The van der Waals surface area contributed by atoms with Gasteiger partial charge in [0.2, 0.25) is 0 Å². The van der Waals surface area contributed by atoms with Crippen LogP contribution in [0.1, 0.15) is 5.56 Å². The normalized spacial score (nSPS) is 17.4. The minimum atomic E-state index is -0.0309. The molecule has 4 heteroatoms. The molecular formula is C16H14BrNO2. The smallest absolute Gasteiger partial charge is 0.161 e. The number of ether oxygens (including phenoxy) is 2. The first kappa shape index (κ1) is 13.2.